The zero-order valence-electron chi connectivity index (χ0n) is 10.6. The minimum Gasteiger partial charge on any atom is -0.469 e. The second-order valence-electron chi connectivity index (χ2n) is 4.04. The first-order valence-electron chi connectivity index (χ1n) is 6.17. The van der Waals surface area contributed by atoms with E-state index in [1.807, 2.05) is 19.9 Å². The van der Waals surface area contributed by atoms with Gasteiger partial charge in [0.25, 0.3) is 0 Å². The summed E-state index contributed by atoms with van der Waals surface area (Å²) in [6.45, 7) is 4.77. The van der Waals surface area contributed by atoms with Crippen molar-refractivity contribution in [3.8, 4) is 0 Å². The number of furan rings is 1. The van der Waals surface area contributed by atoms with Crippen molar-refractivity contribution in [3.63, 3.8) is 0 Å². The molecule has 18 heavy (non-hydrogen) atoms. The van der Waals surface area contributed by atoms with Crippen molar-refractivity contribution in [3.05, 3.63) is 53.5 Å². The Bertz CT molecular complexity index is 510. The van der Waals surface area contributed by atoms with Crippen LogP contribution in [0.5, 0.6) is 0 Å². The lowest BCUT2D eigenvalue weighted by atomic mass is 9.98. The van der Waals surface area contributed by atoms with Gasteiger partial charge in [0.1, 0.15) is 11.6 Å². The first-order chi connectivity index (χ1) is 8.77. The smallest absolute Gasteiger partial charge is 0.146 e. The Morgan fingerprint density at radius 2 is 2.17 bits per heavy atom. The van der Waals surface area contributed by atoms with Gasteiger partial charge in [-0.25, -0.2) is 4.39 Å². The van der Waals surface area contributed by atoms with Crippen LogP contribution in [0, 0.1) is 5.82 Å². The van der Waals surface area contributed by atoms with E-state index >= 15 is 0 Å². The Kier molecular flexibility index (Phi) is 4.10. The molecular weight excluding hydrogens is 231 g/mol. The minimum absolute atomic E-state index is 0.188. The molecule has 0 saturated heterocycles. The van der Waals surface area contributed by atoms with Crippen LogP contribution in [0.1, 0.15) is 36.8 Å². The second-order valence-corrected chi connectivity index (χ2v) is 4.04. The number of pyridine rings is 1. The molecule has 1 atom stereocenters. The predicted molar refractivity (Wildman–Crippen MR) is 67.8 cm³/mol. The normalized spacial score (nSPS) is 12.6. The second kappa shape index (κ2) is 5.78. The van der Waals surface area contributed by atoms with Gasteiger partial charge < -0.3 is 9.73 Å². The van der Waals surface area contributed by atoms with Gasteiger partial charge in [0.15, 0.2) is 0 Å². The van der Waals surface area contributed by atoms with E-state index in [0.29, 0.717) is 5.56 Å². The molecule has 0 aliphatic heterocycles. The summed E-state index contributed by atoms with van der Waals surface area (Å²) < 4.78 is 19.3. The zero-order chi connectivity index (χ0) is 13.0. The van der Waals surface area contributed by atoms with Crippen LogP contribution in [-0.2, 0) is 6.42 Å². The fourth-order valence-corrected chi connectivity index (χ4v) is 2.11. The van der Waals surface area contributed by atoms with E-state index in [2.05, 4.69) is 10.3 Å². The van der Waals surface area contributed by atoms with Gasteiger partial charge in [0, 0.05) is 23.7 Å². The summed E-state index contributed by atoms with van der Waals surface area (Å²) in [5.41, 5.74) is 1.59. The lowest BCUT2D eigenvalue weighted by molar-refractivity contribution is 0.497. The van der Waals surface area contributed by atoms with Crippen LogP contribution in [0.15, 0.2) is 35.2 Å². The Hall–Kier alpha value is -1.68. The van der Waals surface area contributed by atoms with Crippen LogP contribution < -0.4 is 5.32 Å². The quantitative estimate of drug-likeness (QED) is 0.883. The summed E-state index contributed by atoms with van der Waals surface area (Å²) in [5, 5.41) is 3.29. The Balaban J connectivity index is 2.43. The van der Waals surface area contributed by atoms with E-state index < -0.39 is 0 Å². The molecule has 0 bridgehead atoms. The Labute approximate surface area is 106 Å². The Morgan fingerprint density at radius 3 is 2.83 bits per heavy atom. The van der Waals surface area contributed by atoms with E-state index in [1.54, 1.807) is 18.5 Å². The summed E-state index contributed by atoms with van der Waals surface area (Å²) in [5.74, 6) is 0.587. The molecular formula is C14H17FN2O. The van der Waals surface area contributed by atoms with E-state index in [1.165, 1.54) is 6.20 Å². The summed E-state index contributed by atoms with van der Waals surface area (Å²) in [6.07, 6.45) is 5.29. The molecule has 1 unspecified atom stereocenters. The number of aromatic nitrogens is 1. The van der Waals surface area contributed by atoms with E-state index in [4.69, 9.17) is 4.42 Å². The van der Waals surface area contributed by atoms with Gasteiger partial charge in [-0.2, -0.15) is 0 Å². The van der Waals surface area contributed by atoms with Gasteiger partial charge in [-0.3, -0.25) is 4.98 Å². The number of hydrogen-bond donors (Lipinski definition) is 1. The molecule has 0 aliphatic carbocycles. The molecule has 0 fully saturated rings. The van der Waals surface area contributed by atoms with Gasteiger partial charge in [-0.1, -0.05) is 13.8 Å². The van der Waals surface area contributed by atoms with Gasteiger partial charge in [-0.15, -0.1) is 0 Å². The summed E-state index contributed by atoms with van der Waals surface area (Å²) in [6, 6.07) is 3.41. The molecule has 0 aliphatic rings. The largest absolute Gasteiger partial charge is 0.469 e. The highest BCUT2D eigenvalue weighted by atomic mass is 19.1. The highest BCUT2D eigenvalue weighted by molar-refractivity contribution is 5.33. The maximum Gasteiger partial charge on any atom is 0.146 e. The zero-order valence-corrected chi connectivity index (χ0v) is 10.6. The van der Waals surface area contributed by atoms with E-state index in [-0.39, 0.29) is 11.9 Å². The van der Waals surface area contributed by atoms with Gasteiger partial charge >= 0.3 is 0 Å². The molecule has 96 valence electrons. The van der Waals surface area contributed by atoms with Gasteiger partial charge in [0.2, 0.25) is 0 Å². The average molecular weight is 248 g/mol. The van der Waals surface area contributed by atoms with Crippen LogP contribution in [0.4, 0.5) is 4.39 Å². The number of nitrogens with zero attached hydrogens (tertiary/aromatic N) is 1. The molecule has 1 N–H and O–H groups in total. The topological polar surface area (TPSA) is 38.1 Å². The lowest BCUT2D eigenvalue weighted by Crippen LogP contribution is -2.23. The van der Waals surface area contributed by atoms with Crippen molar-refractivity contribution >= 4 is 0 Å². The molecule has 2 rings (SSSR count). The molecule has 0 amide bonds. The van der Waals surface area contributed by atoms with Crippen LogP contribution in [-0.4, -0.2) is 11.5 Å². The fourth-order valence-electron chi connectivity index (χ4n) is 2.11. The number of nitrogens with one attached hydrogen (secondary N) is 1. The third-order valence-electron chi connectivity index (χ3n) is 2.94. The maximum atomic E-state index is 13.9. The van der Waals surface area contributed by atoms with Crippen molar-refractivity contribution in [2.45, 2.75) is 26.3 Å². The van der Waals surface area contributed by atoms with Crippen LogP contribution in [0.3, 0.4) is 0 Å². The lowest BCUT2D eigenvalue weighted by Gasteiger charge is -2.18. The van der Waals surface area contributed by atoms with Gasteiger partial charge in [-0.05, 0) is 18.7 Å². The molecule has 2 aromatic heterocycles. The third-order valence-corrected chi connectivity index (χ3v) is 2.94. The molecule has 4 heteroatoms. The average Bonchev–Trinajstić information content (AvgIpc) is 2.85. The maximum absolute atomic E-state index is 13.9. The summed E-state index contributed by atoms with van der Waals surface area (Å²) in [7, 11) is 0. The molecule has 3 nitrogen and oxygen atoms in total. The van der Waals surface area contributed by atoms with Crippen molar-refractivity contribution in [1.82, 2.24) is 10.3 Å². The molecule has 0 spiro atoms. The predicted octanol–water partition coefficient (Wildman–Crippen LogP) is 3.08. The van der Waals surface area contributed by atoms with Crippen LogP contribution >= 0.6 is 0 Å². The molecule has 0 radical (unpaired) electrons. The number of halogens is 1. The highest BCUT2D eigenvalue weighted by Crippen LogP contribution is 2.27. The molecule has 2 heterocycles. The monoisotopic (exact) mass is 248 g/mol. The number of rotatable bonds is 5. The molecule has 0 saturated carbocycles. The summed E-state index contributed by atoms with van der Waals surface area (Å²) >= 11 is 0. The standard InChI is InChI=1S/C14H17FN2O/c1-3-13-11(6-8-18-13)14(17-4-2)10-5-7-16-9-12(10)15/h5-9,14,17H,3-4H2,1-2H3. The first kappa shape index (κ1) is 12.8. The van der Waals surface area contributed by atoms with Crippen molar-refractivity contribution < 1.29 is 8.81 Å². The molecule has 2 aromatic rings. The fraction of sp³-hybridized carbons (Fsp3) is 0.357. The highest BCUT2D eigenvalue weighted by Gasteiger charge is 2.21. The SMILES string of the molecule is CCNC(c1ccncc1F)c1ccoc1CC. The van der Waals surface area contributed by atoms with Crippen molar-refractivity contribution in [1.29, 1.82) is 0 Å². The molecule has 0 aromatic carbocycles. The van der Waals surface area contributed by atoms with Crippen LogP contribution in [0.2, 0.25) is 0 Å². The van der Waals surface area contributed by atoms with Gasteiger partial charge in [0.05, 0.1) is 18.5 Å². The van der Waals surface area contributed by atoms with Crippen LogP contribution in [0.25, 0.3) is 0 Å². The van der Waals surface area contributed by atoms with E-state index in [9.17, 15) is 4.39 Å². The number of aryl methyl sites for hydroxylation is 1. The minimum atomic E-state index is -0.299. The van der Waals surface area contributed by atoms with Crippen molar-refractivity contribution in [2.75, 3.05) is 6.54 Å². The third kappa shape index (κ3) is 2.43. The first-order valence-corrected chi connectivity index (χ1v) is 6.17. The Morgan fingerprint density at radius 1 is 1.33 bits per heavy atom. The summed E-state index contributed by atoms with van der Waals surface area (Å²) in [4.78, 5) is 3.79. The number of hydrogen-bond acceptors (Lipinski definition) is 3. The van der Waals surface area contributed by atoms with E-state index in [0.717, 1.165) is 24.3 Å². The van der Waals surface area contributed by atoms with Crippen molar-refractivity contribution in [2.24, 2.45) is 0 Å².